The van der Waals surface area contributed by atoms with E-state index >= 15 is 0 Å². The standard InChI is InChI=1S/C22H18Cl2N4O4/c1-10(2)6-15-14-9-13(4-5-18(14)25-21(15)30)32-19-16(23)7-12(8-17(19)24)28-22(31)26-20(29)11(3)27-28/h4-10H,1-3H3,(H,25,30)(H,26,29,31)/b15-6-. The summed E-state index contributed by atoms with van der Waals surface area (Å²) in [6, 6.07) is 8.08. The molecular formula is C22H18Cl2N4O4. The zero-order chi connectivity index (χ0) is 23.2. The first-order valence-corrected chi connectivity index (χ1v) is 10.4. The number of rotatable bonds is 4. The quantitative estimate of drug-likeness (QED) is 0.549. The van der Waals surface area contributed by atoms with E-state index in [1.165, 1.54) is 19.1 Å². The molecule has 0 bridgehead atoms. The van der Waals surface area contributed by atoms with Crippen LogP contribution < -0.4 is 21.3 Å². The van der Waals surface area contributed by atoms with Crippen LogP contribution in [0.2, 0.25) is 10.0 Å². The van der Waals surface area contributed by atoms with Crippen molar-refractivity contribution < 1.29 is 9.53 Å². The van der Waals surface area contributed by atoms with Crippen LogP contribution in [-0.2, 0) is 4.79 Å². The number of aryl methyl sites for hydroxylation is 1. The van der Waals surface area contributed by atoms with Crippen LogP contribution in [0.25, 0.3) is 11.3 Å². The van der Waals surface area contributed by atoms with E-state index in [0.29, 0.717) is 17.0 Å². The lowest BCUT2D eigenvalue weighted by Gasteiger charge is -2.13. The van der Waals surface area contributed by atoms with Crippen molar-refractivity contribution in [2.45, 2.75) is 20.8 Å². The average Bonchev–Trinajstić information content (AvgIpc) is 3.01. The van der Waals surface area contributed by atoms with Gasteiger partial charge in [-0.2, -0.15) is 9.78 Å². The molecule has 3 aromatic rings. The molecule has 0 radical (unpaired) electrons. The smallest absolute Gasteiger partial charge is 0.349 e. The minimum atomic E-state index is -0.721. The number of hydrogen-bond donors (Lipinski definition) is 2. The van der Waals surface area contributed by atoms with Crippen LogP contribution in [0.15, 0.2) is 46.0 Å². The van der Waals surface area contributed by atoms with Crippen molar-refractivity contribution in [3.8, 4) is 17.2 Å². The van der Waals surface area contributed by atoms with Crippen molar-refractivity contribution in [2.75, 3.05) is 5.32 Å². The largest absolute Gasteiger partial charge is 0.454 e. The summed E-state index contributed by atoms with van der Waals surface area (Å²) in [6.45, 7) is 5.46. The molecular weight excluding hydrogens is 455 g/mol. The predicted molar refractivity (Wildman–Crippen MR) is 123 cm³/mol. The van der Waals surface area contributed by atoms with Gasteiger partial charge in [-0.1, -0.05) is 43.1 Å². The van der Waals surface area contributed by atoms with Crippen molar-refractivity contribution in [1.29, 1.82) is 0 Å². The van der Waals surface area contributed by atoms with Gasteiger partial charge in [-0.15, -0.1) is 0 Å². The number of nitrogens with one attached hydrogen (secondary N) is 2. The van der Waals surface area contributed by atoms with Crippen LogP contribution in [0.3, 0.4) is 0 Å². The van der Waals surface area contributed by atoms with E-state index in [-0.39, 0.29) is 39.0 Å². The number of hydrogen-bond acceptors (Lipinski definition) is 5. The average molecular weight is 473 g/mol. The molecule has 0 saturated heterocycles. The van der Waals surface area contributed by atoms with Crippen LogP contribution in [0.5, 0.6) is 11.5 Å². The van der Waals surface area contributed by atoms with Crippen molar-refractivity contribution in [3.63, 3.8) is 0 Å². The summed E-state index contributed by atoms with van der Waals surface area (Å²) in [6.07, 6.45) is 1.89. The third-order valence-corrected chi connectivity index (χ3v) is 5.27. The van der Waals surface area contributed by atoms with E-state index < -0.39 is 11.2 Å². The number of ether oxygens (including phenoxy) is 1. The van der Waals surface area contributed by atoms with Crippen LogP contribution in [0.1, 0.15) is 25.1 Å². The number of H-pyrrole nitrogens is 1. The van der Waals surface area contributed by atoms with Gasteiger partial charge in [0.15, 0.2) is 5.75 Å². The van der Waals surface area contributed by atoms with E-state index in [1.54, 1.807) is 18.2 Å². The summed E-state index contributed by atoms with van der Waals surface area (Å²) < 4.78 is 6.92. The van der Waals surface area contributed by atoms with Gasteiger partial charge in [-0.25, -0.2) is 4.79 Å². The van der Waals surface area contributed by atoms with Gasteiger partial charge in [0, 0.05) is 16.8 Å². The molecule has 4 rings (SSSR count). The first kappa shape index (κ1) is 21.9. The highest BCUT2D eigenvalue weighted by Crippen LogP contribution is 2.41. The minimum Gasteiger partial charge on any atom is -0.454 e. The maximum atomic E-state index is 12.3. The topological polar surface area (TPSA) is 106 Å². The van der Waals surface area contributed by atoms with E-state index in [4.69, 9.17) is 27.9 Å². The lowest BCUT2D eigenvalue weighted by Crippen LogP contribution is -2.32. The Morgan fingerprint density at radius 3 is 2.44 bits per heavy atom. The van der Waals surface area contributed by atoms with Crippen molar-refractivity contribution >= 4 is 40.4 Å². The zero-order valence-electron chi connectivity index (χ0n) is 17.3. The van der Waals surface area contributed by atoms with Crippen molar-refractivity contribution in [3.05, 3.63) is 78.5 Å². The molecule has 0 spiro atoms. The highest BCUT2D eigenvalue weighted by Gasteiger charge is 2.25. The van der Waals surface area contributed by atoms with Gasteiger partial charge in [0.1, 0.15) is 11.4 Å². The Balaban J connectivity index is 1.71. The number of amides is 1. The second kappa shape index (κ2) is 8.29. The van der Waals surface area contributed by atoms with Gasteiger partial charge < -0.3 is 10.1 Å². The lowest BCUT2D eigenvalue weighted by molar-refractivity contribution is -0.110. The van der Waals surface area contributed by atoms with Crippen LogP contribution in [0, 0.1) is 12.8 Å². The number of anilines is 1. The molecule has 1 aromatic heterocycles. The number of benzene rings is 2. The Hall–Kier alpha value is -3.36. The highest BCUT2D eigenvalue weighted by atomic mass is 35.5. The number of carbonyl (C=O) groups is 1. The highest BCUT2D eigenvalue weighted by molar-refractivity contribution is 6.37. The lowest BCUT2D eigenvalue weighted by atomic mass is 10.0. The Morgan fingerprint density at radius 2 is 1.78 bits per heavy atom. The molecule has 0 saturated carbocycles. The Morgan fingerprint density at radius 1 is 1.09 bits per heavy atom. The number of aromatic nitrogens is 3. The number of aromatic amines is 1. The van der Waals surface area contributed by atoms with Gasteiger partial charge in [0.05, 0.1) is 15.7 Å². The summed E-state index contributed by atoms with van der Waals surface area (Å²) in [5.41, 5.74) is 1.09. The fourth-order valence-electron chi connectivity index (χ4n) is 3.27. The number of nitrogens with zero attached hydrogens (tertiary/aromatic N) is 2. The van der Waals surface area contributed by atoms with Crippen LogP contribution >= 0.6 is 23.2 Å². The van der Waals surface area contributed by atoms with Gasteiger partial charge in [0.2, 0.25) is 0 Å². The molecule has 1 aliphatic heterocycles. The van der Waals surface area contributed by atoms with E-state index in [0.717, 1.165) is 10.2 Å². The summed E-state index contributed by atoms with van der Waals surface area (Å²) in [5, 5.41) is 7.07. The molecule has 0 aliphatic carbocycles. The van der Waals surface area contributed by atoms with Gasteiger partial charge >= 0.3 is 5.69 Å². The number of carbonyl (C=O) groups excluding carboxylic acids is 1. The number of fused-ring (bicyclic) bond motifs is 1. The molecule has 2 aromatic carbocycles. The normalized spacial score (nSPS) is 14.1. The van der Waals surface area contributed by atoms with Crippen molar-refractivity contribution in [1.82, 2.24) is 14.8 Å². The molecule has 32 heavy (non-hydrogen) atoms. The van der Waals surface area contributed by atoms with Gasteiger partial charge in [0.25, 0.3) is 11.5 Å². The van der Waals surface area contributed by atoms with Gasteiger partial charge in [-0.05, 0) is 43.2 Å². The Kier molecular flexibility index (Phi) is 5.66. The third-order valence-electron chi connectivity index (χ3n) is 4.71. The second-order valence-corrected chi connectivity index (χ2v) is 8.40. The molecule has 1 amide bonds. The monoisotopic (exact) mass is 472 g/mol. The van der Waals surface area contributed by atoms with Crippen molar-refractivity contribution in [2.24, 2.45) is 5.92 Å². The maximum Gasteiger partial charge on any atom is 0.349 e. The molecule has 8 nitrogen and oxygen atoms in total. The summed E-state index contributed by atoms with van der Waals surface area (Å²) in [7, 11) is 0. The van der Waals surface area contributed by atoms with Crippen LogP contribution in [0.4, 0.5) is 5.69 Å². The molecule has 164 valence electrons. The Labute approximate surface area is 192 Å². The van der Waals surface area contributed by atoms with E-state index in [2.05, 4.69) is 15.4 Å². The zero-order valence-corrected chi connectivity index (χ0v) is 18.8. The molecule has 1 aliphatic rings. The van der Waals surface area contributed by atoms with E-state index in [9.17, 15) is 14.4 Å². The molecule has 0 atom stereocenters. The fraction of sp³-hybridized carbons (Fsp3) is 0.182. The predicted octanol–water partition coefficient (Wildman–Crippen LogP) is 4.32. The summed E-state index contributed by atoms with van der Waals surface area (Å²) >= 11 is 12.8. The fourth-order valence-corrected chi connectivity index (χ4v) is 3.82. The van der Waals surface area contributed by atoms with E-state index in [1.807, 2.05) is 19.9 Å². The SMILES string of the molecule is Cc1nn(-c2cc(Cl)c(Oc3ccc4c(c3)/C(=C/C(C)C)C(=O)N4)c(Cl)c2)c(=O)[nH]c1=O. The third kappa shape index (κ3) is 4.06. The molecule has 10 heteroatoms. The van der Waals surface area contributed by atoms with Crippen LogP contribution in [-0.4, -0.2) is 20.7 Å². The second-order valence-electron chi connectivity index (χ2n) is 7.58. The first-order valence-electron chi connectivity index (χ1n) is 9.69. The summed E-state index contributed by atoms with van der Waals surface area (Å²) in [5.74, 6) is 0.635. The Bertz CT molecular complexity index is 1380. The van der Waals surface area contributed by atoms with Gasteiger partial charge in [-0.3, -0.25) is 14.6 Å². The molecule has 2 heterocycles. The first-order chi connectivity index (χ1) is 15.1. The molecule has 2 N–H and O–H groups in total. The maximum absolute atomic E-state index is 12.3. The summed E-state index contributed by atoms with van der Waals surface area (Å²) in [4.78, 5) is 38.1. The molecule has 0 unspecified atom stereocenters. The number of halogens is 2. The number of allylic oxidation sites excluding steroid dienone is 1. The molecule has 0 fully saturated rings. The minimum absolute atomic E-state index is 0.115.